The fraction of sp³-hybridized carbons (Fsp3) is 0.333. The largest absolute Gasteiger partial charge is 0.665 e. The maximum atomic E-state index is 10.5. The standard InChI is InChI=1S/C11H13N2O3.CH4.ClH/c1-16-13-7-9-4-2-8(3-5-9)6-10(12)11(14)15;;/h2-5,7,10,12H,6H2,1H3,(H,14,15);1H4;1H/q-1;;/b13-7+;;. The van der Waals surface area contributed by atoms with Gasteiger partial charge in [0, 0.05) is 0 Å². The lowest BCUT2D eigenvalue weighted by Gasteiger charge is -2.14. The summed E-state index contributed by atoms with van der Waals surface area (Å²) in [6.45, 7) is 0. The van der Waals surface area contributed by atoms with E-state index in [4.69, 9.17) is 10.8 Å². The van der Waals surface area contributed by atoms with Crippen molar-refractivity contribution in [3.8, 4) is 0 Å². The van der Waals surface area contributed by atoms with Crippen molar-refractivity contribution in [1.29, 1.82) is 0 Å². The van der Waals surface area contributed by atoms with Crippen molar-refractivity contribution in [2.45, 2.75) is 19.9 Å². The summed E-state index contributed by atoms with van der Waals surface area (Å²) in [6.07, 6.45) is 1.76. The van der Waals surface area contributed by atoms with E-state index < -0.39 is 12.0 Å². The SMILES string of the molecule is C.CO/N=C/c1ccc(CC([NH-])C(=O)O)cc1.Cl. The van der Waals surface area contributed by atoms with Crippen LogP contribution in [0.3, 0.4) is 0 Å². The zero-order valence-electron chi connectivity index (χ0n) is 9.29. The van der Waals surface area contributed by atoms with E-state index in [-0.39, 0.29) is 26.3 Å². The predicted octanol–water partition coefficient (Wildman–Crippen LogP) is 2.77. The predicted molar refractivity (Wildman–Crippen MR) is 74.5 cm³/mol. The summed E-state index contributed by atoms with van der Waals surface area (Å²) in [5.74, 6) is -1.11. The molecule has 0 spiro atoms. The van der Waals surface area contributed by atoms with Crippen molar-refractivity contribution in [2.24, 2.45) is 5.16 Å². The first-order valence-electron chi connectivity index (χ1n) is 4.73. The molecule has 1 rings (SSSR count). The minimum Gasteiger partial charge on any atom is -0.665 e. The van der Waals surface area contributed by atoms with Crippen molar-refractivity contribution in [1.82, 2.24) is 0 Å². The van der Waals surface area contributed by atoms with Gasteiger partial charge in [-0.15, -0.1) is 12.4 Å². The minimum atomic E-state index is -1.11. The smallest absolute Gasteiger partial charge is 0.285 e. The van der Waals surface area contributed by atoms with Gasteiger partial charge >= 0.3 is 0 Å². The van der Waals surface area contributed by atoms with E-state index in [0.29, 0.717) is 0 Å². The van der Waals surface area contributed by atoms with Gasteiger partial charge in [0.25, 0.3) is 5.97 Å². The molecule has 18 heavy (non-hydrogen) atoms. The Morgan fingerprint density at radius 1 is 1.50 bits per heavy atom. The van der Waals surface area contributed by atoms with Gasteiger partial charge < -0.3 is 15.7 Å². The number of nitrogens with one attached hydrogen (secondary N) is 1. The molecule has 0 aromatic heterocycles. The Morgan fingerprint density at radius 3 is 2.50 bits per heavy atom. The van der Waals surface area contributed by atoms with Gasteiger partial charge in [-0.25, -0.2) is 0 Å². The number of benzene rings is 1. The van der Waals surface area contributed by atoms with E-state index >= 15 is 0 Å². The van der Waals surface area contributed by atoms with Gasteiger partial charge in [0.1, 0.15) is 7.11 Å². The number of hydrogen-bond acceptors (Lipinski definition) is 3. The fourth-order valence-electron chi connectivity index (χ4n) is 1.18. The molecule has 1 unspecified atom stereocenters. The Bertz CT molecular complexity index is 379. The van der Waals surface area contributed by atoms with Crippen LogP contribution in [0.1, 0.15) is 18.6 Å². The van der Waals surface area contributed by atoms with Crippen molar-refractivity contribution in [3.05, 3.63) is 41.1 Å². The van der Waals surface area contributed by atoms with Crippen LogP contribution in [0, 0.1) is 0 Å². The lowest BCUT2D eigenvalue weighted by Crippen LogP contribution is -2.17. The van der Waals surface area contributed by atoms with Gasteiger partial charge in [0.05, 0.1) is 6.21 Å². The molecule has 0 aliphatic rings. The number of halogens is 1. The number of carboxylic acids is 1. The molecule has 6 heteroatoms. The normalized spacial score (nSPS) is 11.2. The van der Waals surface area contributed by atoms with Gasteiger partial charge in [-0.1, -0.05) is 36.8 Å². The lowest BCUT2D eigenvalue weighted by molar-refractivity contribution is -0.137. The highest BCUT2D eigenvalue weighted by atomic mass is 35.5. The third-order valence-corrected chi connectivity index (χ3v) is 2.02. The molecule has 102 valence electrons. The van der Waals surface area contributed by atoms with E-state index in [1.54, 1.807) is 30.5 Å². The molecule has 0 aliphatic carbocycles. The Kier molecular flexibility index (Phi) is 9.84. The van der Waals surface area contributed by atoms with Crippen LogP contribution in [0.5, 0.6) is 0 Å². The topological polar surface area (TPSA) is 82.7 Å². The first-order chi connectivity index (χ1) is 7.63. The molecule has 0 fully saturated rings. The number of oxime groups is 1. The molecule has 5 nitrogen and oxygen atoms in total. The summed E-state index contributed by atoms with van der Waals surface area (Å²) >= 11 is 0. The number of carbonyl (C=O) groups is 1. The third kappa shape index (κ3) is 6.22. The number of hydrogen-bond donors (Lipinski definition) is 1. The second-order valence-electron chi connectivity index (χ2n) is 3.25. The summed E-state index contributed by atoms with van der Waals surface area (Å²) < 4.78 is 0. The maximum absolute atomic E-state index is 10.5. The molecular formula is C12H18ClN2O3-. The first-order valence-corrected chi connectivity index (χ1v) is 4.73. The van der Waals surface area contributed by atoms with Gasteiger partial charge in [0.2, 0.25) is 0 Å². The molecule has 0 heterocycles. The Balaban J connectivity index is 0. The number of nitrogens with zero attached hydrogens (tertiary/aromatic N) is 1. The van der Waals surface area contributed by atoms with Gasteiger partial charge in [0.15, 0.2) is 0 Å². The van der Waals surface area contributed by atoms with Crippen LogP contribution in [0.2, 0.25) is 0 Å². The van der Waals surface area contributed by atoms with Crippen molar-refractivity contribution >= 4 is 24.6 Å². The molecule has 0 saturated carbocycles. The molecule has 1 aromatic carbocycles. The highest BCUT2D eigenvalue weighted by Crippen LogP contribution is 2.07. The number of rotatable bonds is 5. The van der Waals surface area contributed by atoms with E-state index in [2.05, 4.69) is 9.99 Å². The minimum absolute atomic E-state index is 0. The van der Waals surface area contributed by atoms with Crippen LogP contribution in [-0.4, -0.2) is 30.4 Å². The van der Waals surface area contributed by atoms with Crippen LogP contribution in [0.4, 0.5) is 0 Å². The summed E-state index contributed by atoms with van der Waals surface area (Å²) in [7, 11) is 1.46. The first kappa shape index (κ1) is 18.8. The molecule has 0 aliphatic heterocycles. The molecule has 0 saturated heterocycles. The molecule has 1 atom stereocenters. The van der Waals surface area contributed by atoms with Gasteiger partial charge in [-0.2, -0.15) is 0 Å². The zero-order chi connectivity index (χ0) is 12.0. The molecule has 2 N–H and O–H groups in total. The van der Waals surface area contributed by atoms with Crippen LogP contribution < -0.4 is 0 Å². The van der Waals surface area contributed by atoms with Crippen molar-refractivity contribution in [2.75, 3.05) is 7.11 Å². The van der Waals surface area contributed by atoms with E-state index in [0.717, 1.165) is 11.1 Å². The van der Waals surface area contributed by atoms with E-state index in [1.165, 1.54) is 7.11 Å². The van der Waals surface area contributed by atoms with Crippen LogP contribution in [0.25, 0.3) is 5.73 Å². The number of aliphatic carboxylic acids is 1. The second kappa shape index (κ2) is 9.44. The van der Waals surface area contributed by atoms with E-state index in [9.17, 15) is 4.79 Å². The Morgan fingerprint density at radius 2 is 2.06 bits per heavy atom. The van der Waals surface area contributed by atoms with E-state index in [1.807, 2.05) is 0 Å². The monoisotopic (exact) mass is 273 g/mol. The Hall–Kier alpha value is -1.59. The highest BCUT2D eigenvalue weighted by Gasteiger charge is 2.04. The number of carboxylic acid groups (broad SMARTS) is 1. The molecule has 1 aromatic rings. The highest BCUT2D eigenvalue weighted by molar-refractivity contribution is 5.85. The van der Waals surface area contributed by atoms with Crippen molar-refractivity contribution < 1.29 is 14.7 Å². The van der Waals surface area contributed by atoms with Crippen molar-refractivity contribution in [3.63, 3.8) is 0 Å². The second-order valence-corrected chi connectivity index (χ2v) is 3.25. The zero-order valence-corrected chi connectivity index (χ0v) is 10.1. The van der Waals surface area contributed by atoms with Crippen LogP contribution in [0.15, 0.2) is 29.4 Å². The molecular weight excluding hydrogens is 256 g/mol. The van der Waals surface area contributed by atoms with Crippen LogP contribution in [-0.2, 0) is 16.1 Å². The summed E-state index contributed by atoms with van der Waals surface area (Å²) in [4.78, 5) is 15.0. The average Bonchev–Trinajstić information content (AvgIpc) is 2.28. The summed E-state index contributed by atoms with van der Waals surface area (Å²) in [6, 6.07) is 6.04. The van der Waals surface area contributed by atoms with Gasteiger partial charge in [-0.3, -0.25) is 4.79 Å². The summed E-state index contributed by atoms with van der Waals surface area (Å²) in [5.41, 5.74) is 8.96. The molecule has 0 radical (unpaired) electrons. The lowest BCUT2D eigenvalue weighted by atomic mass is 10.1. The molecule has 0 amide bonds. The quantitative estimate of drug-likeness (QED) is 0.661. The fourth-order valence-corrected chi connectivity index (χ4v) is 1.18. The maximum Gasteiger partial charge on any atom is 0.285 e. The van der Waals surface area contributed by atoms with Gasteiger partial charge in [-0.05, 0) is 23.6 Å². The third-order valence-electron chi connectivity index (χ3n) is 2.02. The molecule has 0 bridgehead atoms. The van der Waals surface area contributed by atoms with Crippen LogP contribution >= 0.6 is 12.4 Å². The average molecular weight is 274 g/mol. The summed E-state index contributed by atoms with van der Waals surface area (Å²) in [5, 5.41) is 12.2. The Labute approximate surface area is 113 Å².